The van der Waals surface area contributed by atoms with E-state index in [1.54, 1.807) is 11.3 Å². The molecule has 1 heterocycles. The van der Waals surface area contributed by atoms with Gasteiger partial charge in [0.05, 0.1) is 11.4 Å². The minimum Gasteiger partial charge on any atom is -0.310 e. The molecule has 2 rings (SSSR count). The molecular weight excluding hydrogens is 284 g/mol. The summed E-state index contributed by atoms with van der Waals surface area (Å²) in [5.74, 6) is 0.961. The third-order valence-electron chi connectivity index (χ3n) is 3.07. The molecule has 1 aromatic heterocycles. The number of thioether (sulfide) groups is 1. The number of aromatic nitrogens is 1. The highest BCUT2D eigenvalue weighted by atomic mass is 32.2. The fraction of sp³-hybridized carbons (Fsp3) is 0.438. The Balaban J connectivity index is 1.87. The molecule has 1 N–H and O–H groups in total. The number of aryl methyl sites for hydroxylation is 2. The van der Waals surface area contributed by atoms with Crippen molar-refractivity contribution in [2.24, 2.45) is 0 Å². The molecule has 0 amide bonds. The average Bonchev–Trinajstić information content (AvgIpc) is 2.74. The Morgan fingerprint density at radius 2 is 1.90 bits per heavy atom. The number of nitrogens with zero attached hydrogens (tertiary/aromatic N) is 1. The van der Waals surface area contributed by atoms with Gasteiger partial charge in [0.2, 0.25) is 0 Å². The van der Waals surface area contributed by atoms with E-state index in [1.165, 1.54) is 26.0 Å². The summed E-state index contributed by atoms with van der Waals surface area (Å²) in [7, 11) is 0. The Kier molecular flexibility index (Phi) is 5.64. The second-order valence-corrected chi connectivity index (χ2v) is 7.55. The second-order valence-electron chi connectivity index (χ2n) is 5.22. The van der Waals surface area contributed by atoms with Crippen LogP contribution in [-0.2, 0) is 12.3 Å². The molecule has 0 saturated heterocycles. The maximum absolute atomic E-state index is 4.58. The standard InChI is InChI=1S/C16H22N2S2/c1-11(2)17-9-14-5-7-15(8-6-14)19-10-16-18-12(3)13(4)20-16/h5-8,11,17H,9-10H2,1-4H3. The van der Waals surface area contributed by atoms with E-state index >= 15 is 0 Å². The summed E-state index contributed by atoms with van der Waals surface area (Å²) >= 11 is 3.66. The van der Waals surface area contributed by atoms with Gasteiger partial charge in [0.1, 0.15) is 5.01 Å². The molecule has 0 unspecified atom stereocenters. The molecule has 0 saturated carbocycles. The fourth-order valence-electron chi connectivity index (χ4n) is 1.77. The van der Waals surface area contributed by atoms with Crippen LogP contribution in [0, 0.1) is 13.8 Å². The highest BCUT2D eigenvalue weighted by Gasteiger charge is 2.04. The minimum atomic E-state index is 0.528. The van der Waals surface area contributed by atoms with Gasteiger partial charge >= 0.3 is 0 Å². The quantitative estimate of drug-likeness (QED) is 0.793. The van der Waals surface area contributed by atoms with Gasteiger partial charge in [-0.2, -0.15) is 0 Å². The summed E-state index contributed by atoms with van der Waals surface area (Å²) < 4.78 is 0. The maximum Gasteiger partial charge on any atom is 0.103 e. The van der Waals surface area contributed by atoms with Gasteiger partial charge in [-0.05, 0) is 31.5 Å². The molecule has 0 aliphatic rings. The lowest BCUT2D eigenvalue weighted by Gasteiger charge is -2.08. The average molecular weight is 307 g/mol. The summed E-state index contributed by atoms with van der Waals surface area (Å²) in [6, 6.07) is 9.34. The van der Waals surface area contributed by atoms with Gasteiger partial charge < -0.3 is 5.32 Å². The molecule has 0 fully saturated rings. The minimum absolute atomic E-state index is 0.528. The monoisotopic (exact) mass is 306 g/mol. The van der Waals surface area contributed by atoms with Crippen molar-refractivity contribution in [2.75, 3.05) is 0 Å². The van der Waals surface area contributed by atoms with E-state index in [9.17, 15) is 0 Å². The predicted octanol–water partition coefficient (Wildman–Crippen LogP) is 4.55. The second kappa shape index (κ2) is 7.25. The summed E-state index contributed by atoms with van der Waals surface area (Å²) in [6.45, 7) is 9.49. The molecule has 0 spiro atoms. The van der Waals surface area contributed by atoms with Gasteiger partial charge in [-0.1, -0.05) is 26.0 Å². The van der Waals surface area contributed by atoms with E-state index in [0.29, 0.717) is 6.04 Å². The fourth-order valence-corrected chi connectivity index (χ4v) is 3.60. The highest BCUT2D eigenvalue weighted by Crippen LogP contribution is 2.26. The van der Waals surface area contributed by atoms with Crippen LogP contribution >= 0.6 is 23.1 Å². The predicted molar refractivity (Wildman–Crippen MR) is 89.6 cm³/mol. The lowest BCUT2D eigenvalue weighted by Crippen LogP contribution is -2.21. The van der Waals surface area contributed by atoms with Gasteiger partial charge in [0, 0.05) is 22.4 Å². The zero-order valence-corrected chi connectivity index (χ0v) is 14.2. The summed E-state index contributed by atoms with van der Waals surface area (Å²) in [5, 5.41) is 4.65. The van der Waals surface area contributed by atoms with Crippen LogP contribution in [0.15, 0.2) is 29.2 Å². The van der Waals surface area contributed by atoms with Crippen molar-refractivity contribution in [3.05, 3.63) is 45.4 Å². The molecule has 108 valence electrons. The van der Waals surface area contributed by atoms with Crippen molar-refractivity contribution in [3.8, 4) is 0 Å². The maximum atomic E-state index is 4.58. The molecule has 1 aromatic carbocycles. The molecule has 20 heavy (non-hydrogen) atoms. The van der Waals surface area contributed by atoms with Crippen LogP contribution in [0.5, 0.6) is 0 Å². The first-order valence-electron chi connectivity index (χ1n) is 6.92. The van der Waals surface area contributed by atoms with Crippen molar-refractivity contribution < 1.29 is 0 Å². The van der Waals surface area contributed by atoms with E-state index in [4.69, 9.17) is 0 Å². The van der Waals surface area contributed by atoms with Gasteiger partial charge in [0.15, 0.2) is 0 Å². The van der Waals surface area contributed by atoms with E-state index in [2.05, 4.69) is 62.3 Å². The molecule has 0 radical (unpaired) electrons. The lowest BCUT2D eigenvalue weighted by atomic mass is 10.2. The lowest BCUT2D eigenvalue weighted by molar-refractivity contribution is 0.588. The number of rotatable bonds is 6. The van der Waals surface area contributed by atoms with Crippen molar-refractivity contribution in [3.63, 3.8) is 0 Å². The smallest absolute Gasteiger partial charge is 0.103 e. The van der Waals surface area contributed by atoms with E-state index in [0.717, 1.165) is 12.3 Å². The normalized spacial score (nSPS) is 11.2. The van der Waals surface area contributed by atoms with Gasteiger partial charge in [-0.15, -0.1) is 23.1 Å². The summed E-state index contributed by atoms with van der Waals surface area (Å²) in [6.07, 6.45) is 0. The zero-order valence-electron chi connectivity index (χ0n) is 12.6. The molecule has 4 heteroatoms. The number of hydrogen-bond donors (Lipinski definition) is 1. The third kappa shape index (κ3) is 4.62. The van der Waals surface area contributed by atoms with Crippen molar-refractivity contribution in [1.82, 2.24) is 10.3 Å². The van der Waals surface area contributed by atoms with Crippen molar-refractivity contribution >= 4 is 23.1 Å². The SMILES string of the molecule is Cc1nc(CSc2ccc(CNC(C)C)cc2)sc1C. The molecule has 0 atom stereocenters. The Hall–Kier alpha value is -0.840. The van der Waals surface area contributed by atoms with Crippen LogP contribution in [-0.4, -0.2) is 11.0 Å². The Morgan fingerprint density at radius 3 is 2.45 bits per heavy atom. The number of benzene rings is 1. The van der Waals surface area contributed by atoms with Crippen LogP contribution in [0.3, 0.4) is 0 Å². The largest absolute Gasteiger partial charge is 0.310 e. The first-order chi connectivity index (χ1) is 9.54. The Bertz CT molecular complexity index is 525. The van der Waals surface area contributed by atoms with Crippen LogP contribution in [0.2, 0.25) is 0 Å². The van der Waals surface area contributed by atoms with Crippen LogP contribution in [0.1, 0.15) is 35.0 Å². The number of nitrogens with one attached hydrogen (secondary N) is 1. The van der Waals surface area contributed by atoms with E-state index < -0.39 is 0 Å². The molecule has 2 aromatic rings. The first-order valence-corrected chi connectivity index (χ1v) is 8.73. The van der Waals surface area contributed by atoms with Crippen molar-refractivity contribution in [1.29, 1.82) is 0 Å². The topological polar surface area (TPSA) is 24.9 Å². The van der Waals surface area contributed by atoms with Crippen molar-refractivity contribution in [2.45, 2.75) is 50.9 Å². The third-order valence-corrected chi connectivity index (χ3v) is 5.35. The summed E-state index contributed by atoms with van der Waals surface area (Å²) in [5.41, 5.74) is 2.50. The van der Waals surface area contributed by atoms with Gasteiger partial charge in [-0.25, -0.2) is 4.98 Å². The highest BCUT2D eigenvalue weighted by molar-refractivity contribution is 7.98. The number of thiazole rings is 1. The molecule has 0 aliphatic carbocycles. The molecule has 0 bridgehead atoms. The first kappa shape index (κ1) is 15.5. The number of hydrogen-bond acceptors (Lipinski definition) is 4. The molecule has 0 aliphatic heterocycles. The molecule has 2 nitrogen and oxygen atoms in total. The van der Waals surface area contributed by atoms with E-state index in [-0.39, 0.29) is 0 Å². The van der Waals surface area contributed by atoms with Gasteiger partial charge in [0.25, 0.3) is 0 Å². The summed E-state index contributed by atoms with van der Waals surface area (Å²) in [4.78, 5) is 7.22. The zero-order chi connectivity index (χ0) is 14.5. The van der Waals surface area contributed by atoms with Crippen LogP contribution in [0.4, 0.5) is 0 Å². The van der Waals surface area contributed by atoms with Crippen LogP contribution in [0.25, 0.3) is 0 Å². The Labute approximate surface area is 130 Å². The van der Waals surface area contributed by atoms with E-state index in [1.807, 2.05) is 11.8 Å². The molecular formula is C16H22N2S2. The Morgan fingerprint density at radius 1 is 1.20 bits per heavy atom. The van der Waals surface area contributed by atoms with Crippen LogP contribution < -0.4 is 5.32 Å². The van der Waals surface area contributed by atoms with Gasteiger partial charge in [-0.3, -0.25) is 0 Å².